The molecule has 2 aromatic rings. The monoisotopic (exact) mass is 457 g/mol. The highest BCUT2D eigenvalue weighted by Crippen LogP contribution is 2.33. The maximum Gasteiger partial charge on any atom is 0.410 e. The average molecular weight is 458 g/mol. The summed E-state index contributed by atoms with van der Waals surface area (Å²) in [6.45, 7) is 3.48. The van der Waals surface area contributed by atoms with E-state index >= 15 is 0 Å². The number of rotatable bonds is 6. The highest BCUT2D eigenvalue weighted by atomic mass is 35.5. The summed E-state index contributed by atoms with van der Waals surface area (Å²) in [5.41, 5.74) is 3.50. The van der Waals surface area contributed by atoms with Gasteiger partial charge in [0.15, 0.2) is 0 Å². The topological polar surface area (TPSA) is 83.7 Å². The summed E-state index contributed by atoms with van der Waals surface area (Å²) in [6, 6.07) is 7.00. The second-order valence-corrected chi connectivity index (χ2v) is 8.45. The number of nitrogens with one attached hydrogen (secondary N) is 2. The molecule has 170 valence electrons. The lowest BCUT2D eigenvalue weighted by atomic mass is 9.92. The summed E-state index contributed by atoms with van der Waals surface area (Å²) in [4.78, 5) is 30.7. The normalized spacial score (nSPS) is 19.3. The molecule has 2 heterocycles. The number of hydrogen-bond acceptors (Lipinski definition) is 4. The van der Waals surface area contributed by atoms with Gasteiger partial charge < -0.3 is 19.8 Å². The van der Waals surface area contributed by atoms with Crippen molar-refractivity contribution in [1.82, 2.24) is 15.2 Å². The molecule has 0 bridgehead atoms. The molecule has 0 radical (unpaired) electrons. The lowest BCUT2D eigenvalue weighted by Crippen LogP contribution is -2.42. The van der Waals surface area contributed by atoms with Crippen molar-refractivity contribution < 1.29 is 19.1 Å². The first-order valence-electron chi connectivity index (χ1n) is 10.9. The van der Waals surface area contributed by atoms with E-state index in [0.717, 1.165) is 28.2 Å². The number of methoxy groups -OCH3 is 1. The molecule has 0 saturated heterocycles. The number of fused-ring (bicyclic) bond motifs is 3. The standard InChI is InChI=1S/C24H28ClN3O4/c1-3-32-24(30)28-11-9-18-19-14-17(25)7-8-20(19)27-21(18)22(28)15-5-4-6-16(13-15)23(29)26-10-12-31-2/h4-6,8,13-14,17,22,27H,3,7,9-12H2,1-2H3,(H,26,29). The Morgan fingerprint density at radius 2 is 2.19 bits per heavy atom. The number of nitrogens with zero attached hydrogens (tertiary/aromatic N) is 1. The molecule has 32 heavy (non-hydrogen) atoms. The Hall–Kier alpha value is -2.77. The predicted octanol–water partition coefficient (Wildman–Crippen LogP) is 2.07. The molecule has 1 aliphatic heterocycles. The molecule has 2 atom stereocenters. The van der Waals surface area contributed by atoms with Crippen molar-refractivity contribution in [3.8, 4) is 0 Å². The Bertz CT molecular complexity index is 1130. The van der Waals surface area contributed by atoms with Crippen LogP contribution >= 0.6 is 11.6 Å². The van der Waals surface area contributed by atoms with E-state index in [1.54, 1.807) is 25.0 Å². The van der Waals surface area contributed by atoms with Crippen molar-refractivity contribution in [3.63, 3.8) is 0 Å². The van der Waals surface area contributed by atoms with E-state index in [0.29, 0.717) is 38.3 Å². The van der Waals surface area contributed by atoms with Gasteiger partial charge in [-0.25, -0.2) is 4.79 Å². The zero-order valence-corrected chi connectivity index (χ0v) is 19.1. The Kier molecular flexibility index (Phi) is 6.86. The molecule has 0 spiro atoms. The summed E-state index contributed by atoms with van der Waals surface area (Å²) >= 11 is 6.39. The molecule has 4 rings (SSSR count). The number of H-pyrrole nitrogens is 1. The first-order valence-corrected chi connectivity index (χ1v) is 11.3. The fourth-order valence-electron chi connectivity index (χ4n) is 4.41. The minimum Gasteiger partial charge on any atom is -0.450 e. The van der Waals surface area contributed by atoms with Gasteiger partial charge in [0.05, 0.1) is 18.6 Å². The van der Waals surface area contributed by atoms with E-state index in [-0.39, 0.29) is 23.4 Å². The van der Waals surface area contributed by atoms with Crippen LogP contribution in [0.2, 0.25) is 0 Å². The number of aromatic amines is 1. The summed E-state index contributed by atoms with van der Waals surface area (Å²) < 4.78 is 10.4. The van der Waals surface area contributed by atoms with E-state index in [1.165, 1.54) is 5.56 Å². The van der Waals surface area contributed by atoms with Gasteiger partial charge in [-0.3, -0.25) is 9.69 Å². The minimum absolute atomic E-state index is 0.0388. The van der Waals surface area contributed by atoms with Gasteiger partial charge in [-0.2, -0.15) is 0 Å². The number of halogens is 1. The first-order chi connectivity index (χ1) is 15.5. The van der Waals surface area contributed by atoms with Crippen LogP contribution in [0.3, 0.4) is 0 Å². The van der Waals surface area contributed by atoms with Crippen molar-refractivity contribution in [3.05, 3.63) is 57.2 Å². The van der Waals surface area contributed by atoms with Crippen LogP contribution in [0.25, 0.3) is 12.2 Å². The van der Waals surface area contributed by atoms with E-state index < -0.39 is 0 Å². The molecule has 7 nitrogen and oxygen atoms in total. The fraction of sp³-hybridized carbons (Fsp3) is 0.417. The maximum atomic E-state index is 12.8. The average Bonchev–Trinajstić information content (AvgIpc) is 3.16. The third kappa shape index (κ3) is 4.40. The Balaban J connectivity index is 1.76. The van der Waals surface area contributed by atoms with Crippen molar-refractivity contribution >= 4 is 35.8 Å². The van der Waals surface area contributed by atoms with Crippen LogP contribution < -0.4 is 15.9 Å². The van der Waals surface area contributed by atoms with Gasteiger partial charge in [0.1, 0.15) is 6.04 Å². The molecular weight excluding hydrogens is 430 g/mol. The van der Waals surface area contributed by atoms with E-state index in [2.05, 4.69) is 22.5 Å². The number of aromatic nitrogens is 1. The summed E-state index contributed by atoms with van der Waals surface area (Å²) in [6.07, 6.45) is 5.30. The van der Waals surface area contributed by atoms with E-state index in [4.69, 9.17) is 21.1 Å². The second kappa shape index (κ2) is 9.79. The second-order valence-electron chi connectivity index (χ2n) is 7.89. The molecule has 2 amide bonds. The van der Waals surface area contributed by atoms with Crippen molar-refractivity contribution in [2.24, 2.45) is 0 Å². The summed E-state index contributed by atoms with van der Waals surface area (Å²) in [7, 11) is 1.59. The number of alkyl halides is 1. The van der Waals surface area contributed by atoms with Gasteiger partial charge in [0.25, 0.3) is 5.91 Å². The molecule has 1 aromatic carbocycles. The quantitative estimate of drug-likeness (QED) is 0.514. The van der Waals surface area contributed by atoms with Crippen molar-refractivity contribution in [2.75, 3.05) is 33.4 Å². The number of ether oxygens (including phenoxy) is 2. The molecule has 0 saturated carbocycles. The highest BCUT2D eigenvalue weighted by molar-refractivity contribution is 6.24. The van der Waals surface area contributed by atoms with Crippen LogP contribution in [0, 0.1) is 0 Å². The molecule has 2 unspecified atom stereocenters. The SMILES string of the molecule is CCOC(=O)N1CCc2c([nH]c3c2=CC(Cl)CC=3)C1c1cccc(C(=O)NCCOC)c1. The predicted molar refractivity (Wildman–Crippen MR) is 123 cm³/mol. The van der Waals surface area contributed by atoms with E-state index in [1.807, 2.05) is 18.2 Å². The van der Waals surface area contributed by atoms with Crippen LogP contribution in [0.1, 0.15) is 46.6 Å². The zero-order chi connectivity index (χ0) is 22.7. The van der Waals surface area contributed by atoms with Gasteiger partial charge in [0, 0.05) is 42.0 Å². The van der Waals surface area contributed by atoms with Gasteiger partial charge >= 0.3 is 6.09 Å². The smallest absolute Gasteiger partial charge is 0.410 e. The number of benzene rings is 1. The molecule has 2 N–H and O–H groups in total. The largest absolute Gasteiger partial charge is 0.450 e. The summed E-state index contributed by atoms with van der Waals surface area (Å²) in [5, 5.41) is 4.96. The van der Waals surface area contributed by atoms with Crippen LogP contribution in [0.5, 0.6) is 0 Å². The molecular formula is C24H28ClN3O4. The molecule has 8 heteroatoms. The Labute approximate surface area is 192 Å². The third-order valence-electron chi connectivity index (χ3n) is 5.85. The van der Waals surface area contributed by atoms with Crippen LogP contribution in [-0.4, -0.2) is 60.7 Å². The molecule has 0 fully saturated rings. The van der Waals surface area contributed by atoms with Gasteiger partial charge in [0.2, 0.25) is 0 Å². The molecule has 1 aromatic heterocycles. The van der Waals surface area contributed by atoms with Crippen LogP contribution in [0.15, 0.2) is 24.3 Å². The van der Waals surface area contributed by atoms with Crippen LogP contribution in [0.4, 0.5) is 4.79 Å². The third-order valence-corrected chi connectivity index (χ3v) is 6.16. The van der Waals surface area contributed by atoms with Gasteiger partial charge in [-0.15, -0.1) is 11.6 Å². The summed E-state index contributed by atoms with van der Waals surface area (Å²) in [5.74, 6) is -0.181. The van der Waals surface area contributed by atoms with E-state index in [9.17, 15) is 9.59 Å². The van der Waals surface area contributed by atoms with Gasteiger partial charge in [-0.05, 0) is 43.0 Å². The van der Waals surface area contributed by atoms with Crippen molar-refractivity contribution in [1.29, 1.82) is 0 Å². The highest BCUT2D eigenvalue weighted by Gasteiger charge is 2.35. The van der Waals surface area contributed by atoms with Gasteiger partial charge in [-0.1, -0.05) is 24.3 Å². The fourth-order valence-corrected chi connectivity index (χ4v) is 4.63. The molecule has 2 aliphatic rings. The zero-order valence-electron chi connectivity index (χ0n) is 18.3. The number of carbonyl (C=O) groups excluding carboxylic acids is 2. The Morgan fingerprint density at radius 3 is 2.97 bits per heavy atom. The Morgan fingerprint density at radius 1 is 1.34 bits per heavy atom. The lowest BCUT2D eigenvalue weighted by Gasteiger charge is -2.35. The number of carbonyl (C=O) groups is 2. The van der Waals surface area contributed by atoms with Crippen LogP contribution in [-0.2, 0) is 15.9 Å². The van der Waals surface area contributed by atoms with Crippen molar-refractivity contribution in [2.45, 2.75) is 31.2 Å². The molecule has 1 aliphatic carbocycles. The minimum atomic E-state index is -0.384. The maximum absolute atomic E-state index is 12.8. The lowest BCUT2D eigenvalue weighted by molar-refractivity contribution is 0.0930. The number of hydrogen-bond donors (Lipinski definition) is 2. The number of amides is 2. The first kappa shape index (κ1) is 22.4.